The third kappa shape index (κ3) is 3.40. The highest BCUT2D eigenvalue weighted by atomic mass is 127. The van der Waals surface area contributed by atoms with Gasteiger partial charge in [0.1, 0.15) is 6.10 Å². The minimum absolute atomic E-state index is 0.00245. The van der Waals surface area contributed by atoms with Gasteiger partial charge in [0.15, 0.2) is 0 Å². The third-order valence-electron chi connectivity index (χ3n) is 1.89. The Morgan fingerprint density at radius 2 is 2.36 bits per heavy atom. The van der Waals surface area contributed by atoms with E-state index in [2.05, 4.69) is 22.6 Å². The number of carbonyl (C=O) groups excluding carboxylic acids is 1. The summed E-state index contributed by atoms with van der Waals surface area (Å²) in [6.07, 6.45) is 5.07. The van der Waals surface area contributed by atoms with E-state index in [4.69, 9.17) is 4.74 Å². The normalized spacial score (nSPS) is 25.9. The van der Waals surface area contributed by atoms with E-state index in [1.165, 1.54) is 0 Å². The molecule has 0 radical (unpaired) electrons. The Kier molecular flexibility index (Phi) is 4.18. The monoisotopic (exact) mass is 268 g/mol. The van der Waals surface area contributed by atoms with Crippen LogP contribution >= 0.6 is 22.6 Å². The van der Waals surface area contributed by atoms with Crippen molar-refractivity contribution in [3.05, 3.63) is 0 Å². The lowest BCUT2D eigenvalue weighted by Gasteiger charge is -2.12. The first-order valence-corrected chi connectivity index (χ1v) is 5.61. The number of esters is 1. The van der Waals surface area contributed by atoms with Crippen molar-refractivity contribution in [2.45, 2.75) is 38.2 Å². The quantitative estimate of drug-likeness (QED) is 0.436. The van der Waals surface area contributed by atoms with Crippen LogP contribution in [0.25, 0.3) is 0 Å². The van der Waals surface area contributed by atoms with E-state index in [0.29, 0.717) is 6.42 Å². The van der Waals surface area contributed by atoms with Crippen LogP contribution in [0.2, 0.25) is 0 Å². The molecule has 64 valence electrons. The standard InChI is InChI=1S/C8H13IO2/c9-6-5-7-3-1-2-4-8(10)11-7/h7H,1-6H2. The molecule has 0 spiro atoms. The molecule has 0 aromatic carbocycles. The number of ether oxygens (including phenoxy) is 1. The molecule has 11 heavy (non-hydrogen) atoms. The van der Waals surface area contributed by atoms with Gasteiger partial charge < -0.3 is 4.74 Å². The van der Waals surface area contributed by atoms with Crippen molar-refractivity contribution in [1.29, 1.82) is 0 Å². The van der Waals surface area contributed by atoms with Crippen LogP contribution in [0.3, 0.4) is 0 Å². The highest BCUT2D eigenvalue weighted by molar-refractivity contribution is 14.1. The lowest BCUT2D eigenvalue weighted by Crippen LogP contribution is -2.15. The van der Waals surface area contributed by atoms with E-state index in [1.807, 2.05) is 0 Å². The topological polar surface area (TPSA) is 26.3 Å². The molecule has 1 aliphatic heterocycles. The van der Waals surface area contributed by atoms with Crippen LogP contribution in [0, 0.1) is 0 Å². The zero-order chi connectivity index (χ0) is 8.10. The van der Waals surface area contributed by atoms with Gasteiger partial charge in [-0.1, -0.05) is 22.6 Å². The highest BCUT2D eigenvalue weighted by Crippen LogP contribution is 2.17. The number of carbonyl (C=O) groups is 1. The Labute approximate surface area is 80.8 Å². The molecule has 1 saturated heterocycles. The average molecular weight is 268 g/mol. The summed E-state index contributed by atoms with van der Waals surface area (Å²) in [5.41, 5.74) is 0. The van der Waals surface area contributed by atoms with Crippen LogP contribution in [-0.4, -0.2) is 16.5 Å². The SMILES string of the molecule is O=C1CCCCC(CCI)O1. The Morgan fingerprint density at radius 1 is 1.55 bits per heavy atom. The lowest BCUT2D eigenvalue weighted by molar-refractivity contribution is -0.147. The van der Waals surface area contributed by atoms with E-state index in [1.54, 1.807) is 0 Å². The van der Waals surface area contributed by atoms with Gasteiger partial charge >= 0.3 is 5.97 Å². The summed E-state index contributed by atoms with van der Waals surface area (Å²) < 4.78 is 6.29. The second-order valence-electron chi connectivity index (χ2n) is 2.84. The fourth-order valence-corrected chi connectivity index (χ4v) is 1.96. The van der Waals surface area contributed by atoms with Crippen molar-refractivity contribution in [2.75, 3.05) is 4.43 Å². The largest absolute Gasteiger partial charge is 0.462 e. The predicted octanol–water partition coefficient (Wildman–Crippen LogP) is 2.30. The molecule has 0 N–H and O–H groups in total. The van der Waals surface area contributed by atoms with Gasteiger partial charge in [-0.25, -0.2) is 0 Å². The molecule has 0 aromatic heterocycles. The molecule has 1 atom stereocenters. The zero-order valence-electron chi connectivity index (χ0n) is 6.51. The fourth-order valence-electron chi connectivity index (χ4n) is 1.27. The van der Waals surface area contributed by atoms with Crippen LogP contribution in [0.1, 0.15) is 32.1 Å². The average Bonchev–Trinajstić information content (AvgIpc) is 2.15. The van der Waals surface area contributed by atoms with Gasteiger partial charge in [-0.3, -0.25) is 4.79 Å². The Bertz CT molecular complexity index is 136. The van der Waals surface area contributed by atoms with E-state index < -0.39 is 0 Å². The molecule has 0 aliphatic carbocycles. The summed E-state index contributed by atoms with van der Waals surface area (Å²) in [7, 11) is 0. The van der Waals surface area contributed by atoms with E-state index in [-0.39, 0.29) is 12.1 Å². The van der Waals surface area contributed by atoms with Crippen molar-refractivity contribution in [2.24, 2.45) is 0 Å². The Hall–Kier alpha value is 0.200. The third-order valence-corrected chi connectivity index (χ3v) is 2.51. The molecule has 0 amide bonds. The van der Waals surface area contributed by atoms with Gasteiger partial charge in [0.05, 0.1) is 0 Å². The lowest BCUT2D eigenvalue weighted by atomic mass is 10.1. The number of hydrogen-bond donors (Lipinski definition) is 0. The molecule has 1 aliphatic rings. The number of alkyl halides is 1. The minimum atomic E-state index is -0.00245. The van der Waals surface area contributed by atoms with Crippen molar-refractivity contribution in [1.82, 2.24) is 0 Å². The highest BCUT2D eigenvalue weighted by Gasteiger charge is 2.16. The summed E-state index contributed by atoms with van der Waals surface area (Å²) in [6, 6.07) is 0. The van der Waals surface area contributed by atoms with E-state index in [0.717, 1.165) is 30.1 Å². The maximum absolute atomic E-state index is 10.9. The summed E-state index contributed by atoms with van der Waals surface area (Å²) in [6.45, 7) is 0. The summed E-state index contributed by atoms with van der Waals surface area (Å²) in [4.78, 5) is 10.9. The molecule has 1 rings (SSSR count). The van der Waals surface area contributed by atoms with Crippen LogP contribution < -0.4 is 0 Å². The molecule has 1 unspecified atom stereocenters. The Morgan fingerprint density at radius 3 is 3.09 bits per heavy atom. The number of halogens is 1. The van der Waals surface area contributed by atoms with Crippen LogP contribution in [0.5, 0.6) is 0 Å². The maximum atomic E-state index is 10.9. The summed E-state index contributed by atoms with van der Waals surface area (Å²) in [5, 5.41) is 0. The predicted molar refractivity (Wildman–Crippen MR) is 51.9 cm³/mol. The van der Waals surface area contributed by atoms with Crippen molar-refractivity contribution < 1.29 is 9.53 Å². The van der Waals surface area contributed by atoms with Gasteiger partial charge in [0, 0.05) is 10.8 Å². The first-order chi connectivity index (χ1) is 5.33. The van der Waals surface area contributed by atoms with Gasteiger partial charge in [0.2, 0.25) is 0 Å². The van der Waals surface area contributed by atoms with Gasteiger partial charge in [-0.2, -0.15) is 0 Å². The van der Waals surface area contributed by atoms with Gasteiger partial charge in [-0.15, -0.1) is 0 Å². The van der Waals surface area contributed by atoms with Crippen LogP contribution in [0.15, 0.2) is 0 Å². The molecule has 0 saturated carbocycles. The second-order valence-corrected chi connectivity index (χ2v) is 3.91. The van der Waals surface area contributed by atoms with Crippen molar-refractivity contribution >= 4 is 28.6 Å². The number of hydrogen-bond acceptors (Lipinski definition) is 2. The van der Waals surface area contributed by atoms with Crippen LogP contribution in [0.4, 0.5) is 0 Å². The van der Waals surface area contributed by atoms with E-state index >= 15 is 0 Å². The molecular formula is C8H13IO2. The molecule has 0 aromatic rings. The summed E-state index contributed by atoms with van der Waals surface area (Å²) >= 11 is 2.32. The molecular weight excluding hydrogens is 255 g/mol. The number of cyclic esters (lactones) is 1. The minimum Gasteiger partial charge on any atom is -0.462 e. The molecule has 0 bridgehead atoms. The molecule has 2 nitrogen and oxygen atoms in total. The Balaban J connectivity index is 2.33. The first kappa shape index (κ1) is 9.29. The van der Waals surface area contributed by atoms with E-state index in [9.17, 15) is 4.79 Å². The zero-order valence-corrected chi connectivity index (χ0v) is 8.67. The summed E-state index contributed by atoms with van der Waals surface area (Å²) in [5.74, 6) is -0.00245. The van der Waals surface area contributed by atoms with Crippen molar-refractivity contribution in [3.8, 4) is 0 Å². The fraction of sp³-hybridized carbons (Fsp3) is 0.875. The van der Waals surface area contributed by atoms with Crippen molar-refractivity contribution in [3.63, 3.8) is 0 Å². The van der Waals surface area contributed by atoms with Crippen LogP contribution in [-0.2, 0) is 9.53 Å². The smallest absolute Gasteiger partial charge is 0.306 e. The van der Waals surface area contributed by atoms with Gasteiger partial charge in [0.25, 0.3) is 0 Å². The second kappa shape index (κ2) is 4.95. The first-order valence-electron chi connectivity index (χ1n) is 4.08. The molecule has 1 heterocycles. The molecule has 1 fully saturated rings. The molecule has 3 heteroatoms. The maximum Gasteiger partial charge on any atom is 0.306 e. The van der Waals surface area contributed by atoms with Gasteiger partial charge in [-0.05, 0) is 25.7 Å². The number of rotatable bonds is 2.